The van der Waals surface area contributed by atoms with Gasteiger partial charge in [-0.1, -0.05) is 0 Å². The van der Waals surface area contributed by atoms with Gasteiger partial charge in [0, 0.05) is 18.3 Å². The lowest BCUT2D eigenvalue weighted by molar-refractivity contribution is -0.139. The van der Waals surface area contributed by atoms with Gasteiger partial charge < -0.3 is 19.3 Å². The predicted molar refractivity (Wildman–Crippen MR) is 89.5 cm³/mol. The quantitative estimate of drug-likeness (QED) is 0.571. The molecule has 1 heterocycles. The number of nitriles is 1. The average Bonchev–Trinajstić information content (AvgIpc) is 2.61. The molecule has 0 spiro atoms. The summed E-state index contributed by atoms with van der Waals surface area (Å²) in [5, 5.41) is 8.75. The molecule has 1 aliphatic heterocycles. The second kappa shape index (κ2) is 8.41. The van der Waals surface area contributed by atoms with Crippen molar-refractivity contribution in [3.8, 4) is 11.8 Å². The molecule has 0 aromatic heterocycles. The zero-order valence-electron chi connectivity index (χ0n) is 13.3. The molecule has 1 amide bonds. The summed E-state index contributed by atoms with van der Waals surface area (Å²) in [6.45, 7) is 1.38. The number of amides is 1. The van der Waals surface area contributed by atoms with E-state index in [9.17, 15) is 9.59 Å². The number of rotatable bonds is 6. The molecule has 2 rings (SSSR count). The zero-order chi connectivity index (χ0) is 17.5. The minimum Gasteiger partial charge on any atom is -0.489 e. The molecule has 0 radical (unpaired) electrons. The monoisotopic (exact) mass is 351 g/mol. The molecule has 0 unspecified atom stereocenters. The number of esters is 1. The highest BCUT2D eigenvalue weighted by atomic mass is 35.5. The third kappa shape index (κ3) is 4.09. The maximum Gasteiger partial charge on any atom is 0.325 e. The number of benzene rings is 1. The number of alkyl halides is 1. The number of ether oxygens (including phenoxy) is 2. The van der Waals surface area contributed by atoms with Gasteiger partial charge in [-0.05, 0) is 12.1 Å². The number of fused-ring (bicyclic) bond motifs is 1. The van der Waals surface area contributed by atoms with Crippen molar-refractivity contribution in [1.29, 1.82) is 5.26 Å². The third-order valence-electron chi connectivity index (χ3n) is 3.62. The summed E-state index contributed by atoms with van der Waals surface area (Å²) in [7, 11) is 1.34. The molecule has 1 aromatic rings. The third-order valence-corrected chi connectivity index (χ3v) is 3.85. The molecule has 0 N–H and O–H groups in total. The SMILES string of the molecule is COC(=O)CN1CCOc2cc(N(CCC#N)C(=O)CCl)ccc21. The van der Waals surface area contributed by atoms with Gasteiger partial charge in [-0.2, -0.15) is 5.26 Å². The van der Waals surface area contributed by atoms with Gasteiger partial charge in [-0.15, -0.1) is 11.6 Å². The Morgan fingerprint density at radius 1 is 1.50 bits per heavy atom. The van der Waals surface area contributed by atoms with Crippen molar-refractivity contribution in [1.82, 2.24) is 0 Å². The Bertz CT molecular complexity index is 659. The first kappa shape index (κ1) is 17.9. The second-order valence-electron chi connectivity index (χ2n) is 5.09. The molecule has 0 bridgehead atoms. The van der Waals surface area contributed by atoms with Crippen LogP contribution < -0.4 is 14.5 Å². The van der Waals surface area contributed by atoms with E-state index in [1.807, 2.05) is 11.0 Å². The Morgan fingerprint density at radius 3 is 2.96 bits per heavy atom. The molecular formula is C16H18ClN3O4. The van der Waals surface area contributed by atoms with Gasteiger partial charge in [-0.3, -0.25) is 9.59 Å². The highest BCUT2D eigenvalue weighted by Crippen LogP contribution is 2.35. The summed E-state index contributed by atoms with van der Waals surface area (Å²) in [5.41, 5.74) is 1.36. The summed E-state index contributed by atoms with van der Waals surface area (Å²) < 4.78 is 10.3. The van der Waals surface area contributed by atoms with Crippen LogP contribution in [-0.2, 0) is 14.3 Å². The van der Waals surface area contributed by atoms with Crippen molar-refractivity contribution in [2.45, 2.75) is 6.42 Å². The van der Waals surface area contributed by atoms with E-state index in [1.165, 1.54) is 12.0 Å². The second-order valence-corrected chi connectivity index (χ2v) is 5.35. The maximum absolute atomic E-state index is 12.0. The van der Waals surface area contributed by atoms with Crippen LogP contribution >= 0.6 is 11.6 Å². The Balaban J connectivity index is 2.27. The van der Waals surface area contributed by atoms with Crippen LogP contribution in [0.2, 0.25) is 0 Å². The number of anilines is 2. The van der Waals surface area contributed by atoms with E-state index in [0.717, 1.165) is 5.69 Å². The van der Waals surface area contributed by atoms with Crippen LogP contribution in [0.15, 0.2) is 18.2 Å². The molecule has 24 heavy (non-hydrogen) atoms. The number of halogens is 1. The van der Waals surface area contributed by atoms with Crippen molar-refractivity contribution in [3.63, 3.8) is 0 Å². The molecule has 0 fully saturated rings. The van der Waals surface area contributed by atoms with Crippen molar-refractivity contribution in [2.75, 3.05) is 49.0 Å². The van der Waals surface area contributed by atoms with Gasteiger partial charge in [0.25, 0.3) is 0 Å². The summed E-state index contributed by atoms with van der Waals surface area (Å²) in [6.07, 6.45) is 0.203. The minimum atomic E-state index is -0.333. The molecule has 8 heteroatoms. The molecule has 128 valence electrons. The fourth-order valence-electron chi connectivity index (χ4n) is 2.45. The van der Waals surface area contributed by atoms with E-state index >= 15 is 0 Å². The highest BCUT2D eigenvalue weighted by molar-refractivity contribution is 6.29. The summed E-state index contributed by atoms with van der Waals surface area (Å²) >= 11 is 5.65. The Morgan fingerprint density at radius 2 is 2.29 bits per heavy atom. The Kier molecular flexibility index (Phi) is 6.27. The van der Waals surface area contributed by atoms with Gasteiger partial charge >= 0.3 is 5.97 Å². The lowest BCUT2D eigenvalue weighted by Gasteiger charge is -2.31. The molecule has 1 aromatic carbocycles. The van der Waals surface area contributed by atoms with Crippen LogP contribution in [0.3, 0.4) is 0 Å². The lowest BCUT2D eigenvalue weighted by Crippen LogP contribution is -2.37. The van der Waals surface area contributed by atoms with Crippen molar-refractivity contribution >= 4 is 34.9 Å². The van der Waals surface area contributed by atoms with Crippen LogP contribution in [-0.4, -0.2) is 51.1 Å². The smallest absolute Gasteiger partial charge is 0.325 e. The molecule has 7 nitrogen and oxygen atoms in total. The van der Waals surface area contributed by atoms with E-state index in [4.69, 9.17) is 26.3 Å². The van der Waals surface area contributed by atoms with Gasteiger partial charge in [-0.25, -0.2) is 0 Å². The van der Waals surface area contributed by atoms with Crippen molar-refractivity contribution in [2.24, 2.45) is 0 Å². The van der Waals surface area contributed by atoms with E-state index < -0.39 is 0 Å². The number of methoxy groups -OCH3 is 1. The summed E-state index contributed by atoms with van der Waals surface area (Å²) in [4.78, 5) is 26.8. The number of hydrogen-bond donors (Lipinski definition) is 0. The fraction of sp³-hybridized carbons (Fsp3) is 0.438. The first-order valence-corrected chi connectivity index (χ1v) is 7.96. The van der Waals surface area contributed by atoms with E-state index in [1.54, 1.807) is 18.2 Å². The Hall–Kier alpha value is -2.46. The fourth-order valence-corrected chi connectivity index (χ4v) is 2.59. The first-order chi connectivity index (χ1) is 11.6. The first-order valence-electron chi connectivity index (χ1n) is 7.42. The molecule has 0 atom stereocenters. The average molecular weight is 352 g/mol. The maximum atomic E-state index is 12.0. The lowest BCUT2D eigenvalue weighted by atomic mass is 10.2. The number of carbonyl (C=O) groups excluding carboxylic acids is 2. The van der Waals surface area contributed by atoms with E-state index in [2.05, 4.69) is 0 Å². The zero-order valence-corrected chi connectivity index (χ0v) is 14.1. The Labute approximate surface area is 145 Å². The summed E-state index contributed by atoms with van der Waals surface area (Å²) in [6, 6.07) is 7.27. The summed E-state index contributed by atoms with van der Waals surface area (Å²) in [5.74, 6) is -0.210. The predicted octanol–water partition coefficient (Wildman–Crippen LogP) is 1.54. The minimum absolute atomic E-state index is 0.130. The van der Waals surface area contributed by atoms with Crippen LogP contribution in [0.5, 0.6) is 5.75 Å². The van der Waals surface area contributed by atoms with Crippen molar-refractivity contribution < 1.29 is 19.1 Å². The van der Waals surface area contributed by atoms with Crippen LogP contribution in [0, 0.1) is 11.3 Å². The molecular weight excluding hydrogens is 334 g/mol. The molecule has 0 saturated heterocycles. The topological polar surface area (TPSA) is 82.9 Å². The highest BCUT2D eigenvalue weighted by Gasteiger charge is 2.23. The largest absolute Gasteiger partial charge is 0.489 e. The van der Waals surface area contributed by atoms with Crippen LogP contribution in [0.25, 0.3) is 0 Å². The standard InChI is InChI=1S/C16H18ClN3O4/c1-23-16(22)11-19-7-8-24-14-9-12(3-4-13(14)19)20(6-2-5-18)15(21)10-17/h3-4,9H,2,6-8,10-11H2,1H3. The molecule has 0 saturated carbocycles. The van der Waals surface area contributed by atoms with Gasteiger partial charge in [0.2, 0.25) is 5.91 Å². The molecule has 1 aliphatic rings. The number of carbonyl (C=O) groups is 2. The number of hydrogen-bond acceptors (Lipinski definition) is 6. The van der Waals surface area contributed by atoms with Gasteiger partial charge in [0.05, 0.1) is 31.8 Å². The van der Waals surface area contributed by atoms with Crippen LogP contribution in [0.1, 0.15) is 6.42 Å². The van der Waals surface area contributed by atoms with Crippen molar-refractivity contribution in [3.05, 3.63) is 18.2 Å². The normalized spacial score (nSPS) is 12.6. The van der Waals surface area contributed by atoms with E-state index in [-0.39, 0.29) is 37.3 Å². The van der Waals surface area contributed by atoms with Gasteiger partial charge in [0.15, 0.2) is 0 Å². The van der Waals surface area contributed by atoms with Crippen LogP contribution in [0.4, 0.5) is 11.4 Å². The molecule has 0 aliphatic carbocycles. The van der Waals surface area contributed by atoms with E-state index in [0.29, 0.717) is 24.6 Å². The van der Waals surface area contributed by atoms with Gasteiger partial charge in [0.1, 0.15) is 24.8 Å². The number of nitrogens with zero attached hydrogens (tertiary/aromatic N) is 3.